The van der Waals surface area contributed by atoms with Crippen molar-refractivity contribution in [2.24, 2.45) is 0 Å². The number of benzene rings is 1. The molecular formula is C10H12BrNO. The molecule has 2 rings (SSSR count). The van der Waals surface area contributed by atoms with E-state index in [9.17, 15) is 0 Å². The molecule has 0 spiro atoms. The first kappa shape index (κ1) is 9.19. The van der Waals surface area contributed by atoms with Crippen LogP contribution in [0.5, 0.6) is 0 Å². The van der Waals surface area contributed by atoms with Crippen LogP contribution in [0.25, 0.3) is 0 Å². The third-order valence-electron chi connectivity index (χ3n) is 2.14. The van der Waals surface area contributed by atoms with E-state index in [2.05, 4.69) is 33.4 Å². The van der Waals surface area contributed by atoms with Crippen LogP contribution in [0.2, 0.25) is 0 Å². The van der Waals surface area contributed by atoms with E-state index in [4.69, 9.17) is 4.74 Å². The molecular weight excluding hydrogens is 230 g/mol. The number of hydrogen-bond acceptors (Lipinski definition) is 2. The summed E-state index contributed by atoms with van der Waals surface area (Å²) in [4.78, 5) is 0. The summed E-state index contributed by atoms with van der Waals surface area (Å²) in [6.07, 6.45) is 0.420. The van der Waals surface area contributed by atoms with Gasteiger partial charge in [-0.15, -0.1) is 0 Å². The van der Waals surface area contributed by atoms with Gasteiger partial charge in [0, 0.05) is 17.6 Å². The molecule has 0 aromatic heterocycles. The second-order valence-electron chi connectivity index (χ2n) is 3.22. The average Bonchev–Trinajstić information content (AvgIpc) is 2.05. The van der Waals surface area contributed by atoms with Crippen LogP contribution in [0.4, 0.5) is 0 Å². The van der Waals surface area contributed by atoms with Crippen LogP contribution in [0.3, 0.4) is 0 Å². The van der Waals surface area contributed by atoms with E-state index in [1.54, 1.807) is 0 Å². The minimum Gasteiger partial charge on any atom is -0.371 e. The lowest BCUT2D eigenvalue weighted by atomic mass is 10.2. The molecule has 1 aromatic carbocycles. The molecule has 0 saturated carbocycles. The molecule has 0 atom stereocenters. The highest BCUT2D eigenvalue weighted by Crippen LogP contribution is 2.12. The SMILES string of the molecule is Brc1ccc(COC2CNC2)cc1. The van der Waals surface area contributed by atoms with Crippen molar-refractivity contribution in [3.05, 3.63) is 34.3 Å². The summed E-state index contributed by atoms with van der Waals surface area (Å²) in [6.45, 7) is 2.71. The van der Waals surface area contributed by atoms with Crippen LogP contribution in [0.15, 0.2) is 28.7 Å². The molecule has 1 saturated heterocycles. The number of halogens is 1. The fourth-order valence-electron chi connectivity index (χ4n) is 1.17. The van der Waals surface area contributed by atoms with Crippen LogP contribution in [0, 0.1) is 0 Å². The molecule has 70 valence electrons. The quantitative estimate of drug-likeness (QED) is 0.874. The summed E-state index contributed by atoms with van der Waals surface area (Å²) in [6, 6.07) is 8.24. The van der Waals surface area contributed by atoms with E-state index in [0.29, 0.717) is 6.10 Å². The number of nitrogens with one attached hydrogen (secondary N) is 1. The smallest absolute Gasteiger partial charge is 0.0828 e. The maximum atomic E-state index is 5.63. The van der Waals surface area contributed by atoms with Crippen LogP contribution in [0.1, 0.15) is 5.56 Å². The Bertz CT molecular complexity index is 269. The van der Waals surface area contributed by atoms with Gasteiger partial charge in [0.1, 0.15) is 0 Å². The van der Waals surface area contributed by atoms with Gasteiger partial charge >= 0.3 is 0 Å². The summed E-state index contributed by atoms with van der Waals surface area (Å²) in [5, 5.41) is 3.17. The van der Waals surface area contributed by atoms with Gasteiger partial charge < -0.3 is 10.1 Å². The zero-order valence-corrected chi connectivity index (χ0v) is 8.88. The van der Waals surface area contributed by atoms with Crippen LogP contribution in [-0.2, 0) is 11.3 Å². The third kappa shape index (κ3) is 2.53. The Morgan fingerprint density at radius 2 is 2.00 bits per heavy atom. The van der Waals surface area contributed by atoms with E-state index >= 15 is 0 Å². The minimum absolute atomic E-state index is 0.420. The first-order valence-electron chi connectivity index (χ1n) is 4.41. The maximum Gasteiger partial charge on any atom is 0.0828 e. The van der Waals surface area contributed by atoms with E-state index in [0.717, 1.165) is 24.2 Å². The molecule has 1 heterocycles. The first-order valence-corrected chi connectivity index (χ1v) is 5.20. The lowest BCUT2D eigenvalue weighted by Gasteiger charge is -2.27. The van der Waals surface area contributed by atoms with Crippen molar-refractivity contribution in [2.75, 3.05) is 13.1 Å². The monoisotopic (exact) mass is 241 g/mol. The molecule has 13 heavy (non-hydrogen) atoms. The summed E-state index contributed by atoms with van der Waals surface area (Å²) >= 11 is 3.40. The van der Waals surface area contributed by atoms with Crippen LogP contribution < -0.4 is 5.32 Å². The highest BCUT2D eigenvalue weighted by atomic mass is 79.9. The Labute approximate surface area is 86.4 Å². The average molecular weight is 242 g/mol. The maximum absolute atomic E-state index is 5.63. The Kier molecular flexibility index (Phi) is 2.98. The molecule has 1 aliphatic heterocycles. The largest absolute Gasteiger partial charge is 0.371 e. The van der Waals surface area contributed by atoms with E-state index in [1.165, 1.54) is 5.56 Å². The van der Waals surface area contributed by atoms with Crippen LogP contribution in [-0.4, -0.2) is 19.2 Å². The molecule has 0 amide bonds. The molecule has 1 N–H and O–H groups in total. The summed E-state index contributed by atoms with van der Waals surface area (Å²) in [7, 11) is 0. The molecule has 1 fully saturated rings. The second-order valence-corrected chi connectivity index (χ2v) is 4.13. The summed E-state index contributed by atoms with van der Waals surface area (Å²) in [5.41, 5.74) is 1.23. The minimum atomic E-state index is 0.420. The van der Waals surface area contributed by atoms with Gasteiger partial charge in [0.05, 0.1) is 12.7 Å². The predicted octanol–water partition coefficient (Wildman–Crippen LogP) is 1.94. The zero-order valence-electron chi connectivity index (χ0n) is 7.29. The molecule has 0 radical (unpaired) electrons. The Balaban J connectivity index is 1.83. The highest BCUT2D eigenvalue weighted by Gasteiger charge is 2.16. The topological polar surface area (TPSA) is 21.3 Å². The van der Waals surface area contributed by atoms with Crippen LogP contribution >= 0.6 is 15.9 Å². The first-order chi connectivity index (χ1) is 6.34. The lowest BCUT2D eigenvalue weighted by Crippen LogP contribution is -2.48. The molecule has 1 aliphatic rings. The van der Waals surface area contributed by atoms with Crippen molar-refractivity contribution in [1.82, 2.24) is 5.32 Å². The van der Waals surface area contributed by atoms with Gasteiger partial charge in [-0.3, -0.25) is 0 Å². The lowest BCUT2D eigenvalue weighted by molar-refractivity contribution is 0.00758. The Morgan fingerprint density at radius 1 is 1.31 bits per heavy atom. The second kappa shape index (κ2) is 4.22. The summed E-state index contributed by atoms with van der Waals surface area (Å²) < 4.78 is 6.74. The Morgan fingerprint density at radius 3 is 2.54 bits per heavy atom. The van der Waals surface area contributed by atoms with Gasteiger partial charge in [0.25, 0.3) is 0 Å². The van der Waals surface area contributed by atoms with Gasteiger partial charge in [0.15, 0.2) is 0 Å². The van der Waals surface area contributed by atoms with Crippen molar-refractivity contribution >= 4 is 15.9 Å². The van der Waals surface area contributed by atoms with Gasteiger partial charge in [-0.25, -0.2) is 0 Å². The van der Waals surface area contributed by atoms with Crippen molar-refractivity contribution in [1.29, 1.82) is 0 Å². The van der Waals surface area contributed by atoms with Gasteiger partial charge in [-0.2, -0.15) is 0 Å². The van der Waals surface area contributed by atoms with E-state index < -0.39 is 0 Å². The standard InChI is InChI=1S/C10H12BrNO/c11-9-3-1-8(2-4-9)7-13-10-5-12-6-10/h1-4,10,12H,5-7H2. The molecule has 0 unspecified atom stereocenters. The molecule has 0 aliphatic carbocycles. The fourth-order valence-corrected chi connectivity index (χ4v) is 1.44. The van der Waals surface area contributed by atoms with Gasteiger partial charge in [-0.1, -0.05) is 28.1 Å². The van der Waals surface area contributed by atoms with Crippen molar-refractivity contribution in [2.45, 2.75) is 12.7 Å². The van der Waals surface area contributed by atoms with Crippen molar-refractivity contribution < 1.29 is 4.74 Å². The normalized spacial score (nSPS) is 17.0. The van der Waals surface area contributed by atoms with E-state index in [1.807, 2.05) is 12.1 Å². The molecule has 3 heteroatoms. The number of ether oxygens (including phenoxy) is 1. The zero-order chi connectivity index (χ0) is 9.10. The third-order valence-corrected chi connectivity index (χ3v) is 2.67. The summed E-state index contributed by atoms with van der Waals surface area (Å²) in [5.74, 6) is 0. The Hall–Kier alpha value is -0.380. The number of hydrogen-bond donors (Lipinski definition) is 1. The number of rotatable bonds is 3. The van der Waals surface area contributed by atoms with Gasteiger partial charge in [-0.05, 0) is 17.7 Å². The molecule has 0 bridgehead atoms. The highest BCUT2D eigenvalue weighted by molar-refractivity contribution is 9.10. The molecule has 2 nitrogen and oxygen atoms in total. The van der Waals surface area contributed by atoms with E-state index in [-0.39, 0.29) is 0 Å². The van der Waals surface area contributed by atoms with Crippen molar-refractivity contribution in [3.63, 3.8) is 0 Å². The van der Waals surface area contributed by atoms with Gasteiger partial charge in [0.2, 0.25) is 0 Å². The fraction of sp³-hybridized carbons (Fsp3) is 0.400. The predicted molar refractivity (Wildman–Crippen MR) is 55.6 cm³/mol. The van der Waals surface area contributed by atoms with Crippen molar-refractivity contribution in [3.8, 4) is 0 Å². The molecule has 1 aromatic rings.